The van der Waals surface area contributed by atoms with Gasteiger partial charge in [0, 0.05) is 18.8 Å². The van der Waals surface area contributed by atoms with Crippen molar-refractivity contribution in [2.45, 2.75) is 51.4 Å². The first-order valence-electron chi connectivity index (χ1n) is 7.02. The van der Waals surface area contributed by atoms with Gasteiger partial charge in [-0.25, -0.2) is 4.79 Å². The van der Waals surface area contributed by atoms with Gasteiger partial charge in [0.25, 0.3) is 0 Å². The Labute approximate surface area is 127 Å². The highest BCUT2D eigenvalue weighted by Gasteiger charge is 2.36. The van der Waals surface area contributed by atoms with Crippen LogP contribution in [0.15, 0.2) is 11.8 Å². The highest BCUT2D eigenvalue weighted by atomic mass is 19.4. The van der Waals surface area contributed by atoms with Crippen LogP contribution < -0.4 is 10.6 Å². The predicted octanol–water partition coefficient (Wildman–Crippen LogP) is 2.98. The SMILES string of the molecule is CC(C)(C)OC(=O)N[C@H]1C[C@@H](CN/C(=C\C=N)C(F)(F)F)C1. The molecule has 1 aliphatic carbocycles. The average Bonchev–Trinajstić information content (AvgIpc) is 2.26. The summed E-state index contributed by atoms with van der Waals surface area (Å²) in [5.41, 5.74) is -1.50. The molecule has 0 unspecified atom stereocenters. The maximum atomic E-state index is 12.6. The fourth-order valence-corrected chi connectivity index (χ4v) is 2.09. The molecule has 0 bridgehead atoms. The number of alkyl carbamates (subject to hydrolysis) is 1. The van der Waals surface area contributed by atoms with Crippen molar-refractivity contribution in [3.05, 3.63) is 11.8 Å². The van der Waals surface area contributed by atoms with Crippen LogP contribution in [-0.4, -0.2) is 36.7 Å². The first-order valence-corrected chi connectivity index (χ1v) is 7.02. The first-order chi connectivity index (χ1) is 10.0. The van der Waals surface area contributed by atoms with E-state index in [0.29, 0.717) is 25.1 Å². The van der Waals surface area contributed by atoms with Crippen molar-refractivity contribution in [2.24, 2.45) is 5.92 Å². The van der Waals surface area contributed by atoms with Gasteiger partial charge in [0.1, 0.15) is 11.3 Å². The first kappa shape index (κ1) is 18.3. The van der Waals surface area contributed by atoms with E-state index in [-0.39, 0.29) is 18.5 Å². The minimum absolute atomic E-state index is 0.0522. The maximum absolute atomic E-state index is 12.6. The second kappa shape index (κ2) is 7.02. The van der Waals surface area contributed by atoms with E-state index in [2.05, 4.69) is 10.6 Å². The molecule has 5 nitrogen and oxygen atoms in total. The predicted molar refractivity (Wildman–Crippen MR) is 76.8 cm³/mol. The molecule has 126 valence electrons. The largest absolute Gasteiger partial charge is 0.444 e. The number of allylic oxidation sites excluding steroid dienone is 2. The Morgan fingerprint density at radius 2 is 1.91 bits per heavy atom. The van der Waals surface area contributed by atoms with Crippen molar-refractivity contribution in [1.29, 1.82) is 5.41 Å². The van der Waals surface area contributed by atoms with E-state index >= 15 is 0 Å². The van der Waals surface area contributed by atoms with Gasteiger partial charge in [0.2, 0.25) is 0 Å². The normalized spacial score (nSPS) is 22.5. The summed E-state index contributed by atoms with van der Waals surface area (Å²) in [5, 5.41) is 11.7. The lowest BCUT2D eigenvalue weighted by molar-refractivity contribution is -0.0971. The molecule has 3 N–H and O–H groups in total. The Balaban J connectivity index is 2.30. The number of rotatable bonds is 5. The molecule has 0 aromatic carbocycles. The molecule has 1 saturated carbocycles. The molecule has 1 aliphatic rings. The lowest BCUT2D eigenvalue weighted by Gasteiger charge is -2.36. The molecule has 1 rings (SSSR count). The van der Waals surface area contributed by atoms with E-state index in [0.717, 1.165) is 0 Å². The number of alkyl halides is 3. The summed E-state index contributed by atoms with van der Waals surface area (Å²) in [6, 6.07) is -0.0669. The summed E-state index contributed by atoms with van der Waals surface area (Å²) >= 11 is 0. The molecule has 0 radical (unpaired) electrons. The third-order valence-electron chi connectivity index (χ3n) is 3.09. The van der Waals surface area contributed by atoms with E-state index in [9.17, 15) is 18.0 Å². The second-order valence-corrected chi connectivity index (χ2v) is 6.31. The standard InChI is InChI=1S/C14H22F3N3O2/c1-13(2,3)22-12(21)20-10-6-9(7-10)8-19-11(4-5-18)14(15,16)17/h4-5,9-10,18-19H,6-8H2,1-3H3,(H,20,21)/b11-4-,18-5?/t9-,10+. The molecule has 0 heterocycles. The van der Waals surface area contributed by atoms with Gasteiger partial charge in [-0.05, 0) is 45.6 Å². The third-order valence-corrected chi connectivity index (χ3v) is 3.09. The fraction of sp³-hybridized carbons (Fsp3) is 0.714. The van der Waals surface area contributed by atoms with Gasteiger partial charge in [-0.1, -0.05) is 0 Å². The van der Waals surface area contributed by atoms with Crippen molar-refractivity contribution in [3.8, 4) is 0 Å². The summed E-state index contributed by atoms with van der Waals surface area (Å²) in [4.78, 5) is 11.5. The number of halogens is 3. The van der Waals surface area contributed by atoms with Crippen molar-refractivity contribution in [3.63, 3.8) is 0 Å². The maximum Gasteiger partial charge on any atom is 0.430 e. The second-order valence-electron chi connectivity index (χ2n) is 6.31. The Hall–Kier alpha value is -1.73. The zero-order valence-corrected chi connectivity index (χ0v) is 12.9. The van der Waals surface area contributed by atoms with Crippen molar-refractivity contribution in [1.82, 2.24) is 10.6 Å². The van der Waals surface area contributed by atoms with Crippen LogP contribution in [0.5, 0.6) is 0 Å². The van der Waals surface area contributed by atoms with E-state index in [1.54, 1.807) is 20.8 Å². The van der Waals surface area contributed by atoms with Gasteiger partial charge in [0.15, 0.2) is 0 Å². The van der Waals surface area contributed by atoms with Gasteiger partial charge < -0.3 is 20.8 Å². The molecular formula is C14H22F3N3O2. The number of hydrogen-bond donors (Lipinski definition) is 3. The van der Waals surface area contributed by atoms with Crippen LogP contribution in [0.25, 0.3) is 0 Å². The minimum Gasteiger partial charge on any atom is -0.444 e. The van der Waals surface area contributed by atoms with Gasteiger partial charge in [-0.3, -0.25) is 0 Å². The molecule has 0 aliphatic heterocycles. The number of carbonyl (C=O) groups excluding carboxylic acids is 1. The molecular weight excluding hydrogens is 299 g/mol. The van der Waals surface area contributed by atoms with Gasteiger partial charge >= 0.3 is 12.3 Å². The van der Waals surface area contributed by atoms with Crippen molar-refractivity contribution >= 4 is 12.3 Å². The summed E-state index contributed by atoms with van der Waals surface area (Å²) in [6.07, 6.45) is -2.51. The van der Waals surface area contributed by atoms with Crippen molar-refractivity contribution in [2.75, 3.05) is 6.54 Å². The third kappa shape index (κ3) is 6.36. The topological polar surface area (TPSA) is 74.2 Å². The highest BCUT2D eigenvalue weighted by molar-refractivity contribution is 5.69. The smallest absolute Gasteiger partial charge is 0.430 e. The van der Waals surface area contributed by atoms with Crippen LogP contribution in [-0.2, 0) is 4.74 Å². The Kier molecular flexibility index (Phi) is 5.85. The van der Waals surface area contributed by atoms with Crippen LogP contribution >= 0.6 is 0 Å². The molecule has 0 saturated heterocycles. The fourth-order valence-electron chi connectivity index (χ4n) is 2.09. The zero-order valence-electron chi connectivity index (χ0n) is 12.9. The van der Waals surface area contributed by atoms with Crippen LogP contribution in [0.3, 0.4) is 0 Å². The van der Waals surface area contributed by atoms with Crippen LogP contribution in [0.1, 0.15) is 33.6 Å². The molecule has 0 aromatic rings. The molecule has 1 amide bonds. The Morgan fingerprint density at radius 3 is 2.36 bits per heavy atom. The number of carbonyl (C=O) groups is 1. The van der Waals surface area contributed by atoms with Gasteiger partial charge in [0.05, 0.1) is 0 Å². The molecule has 1 fully saturated rings. The average molecular weight is 321 g/mol. The van der Waals surface area contributed by atoms with E-state index in [4.69, 9.17) is 10.1 Å². The molecule has 22 heavy (non-hydrogen) atoms. The summed E-state index contributed by atoms with van der Waals surface area (Å²) < 4.78 is 42.8. The summed E-state index contributed by atoms with van der Waals surface area (Å²) in [7, 11) is 0. The number of amides is 1. The minimum atomic E-state index is -4.49. The van der Waals surface area contributed by atoms with Crippen LogP contribution in [0.4, 0.5) is 18.0 Å². The van der Waals surface area contributed by atoms with Gasteiger partial charge in [-0.15, -0.1) is 0 Å². The quantitative estimate of drug-likeness (QED) is 0.682. The Morgan fingerprint density at radius 1 is 1.32 bits per heavy atom. The van der Waals surface area contributed by atoms with Crippen LogP contribution in [0, 0.1) is 11.3 Å². The van der Waals surface area contributed by atoms with Crippen molar-refractivity contribution < 1.29 is 22.7 Å². The van der Waals surface area contributed by atoms with E-state index < -0.39 is 23.6 Å². The van der Waals surface area contributed by atoms with E-state index in [1.165, 1.54) is 0 Å². The summed E-state index contributed by atoms with van der Waals surface area (Å²) in [5.74, 6) is 0.0522. The molecule has 0 spiro atoms. The monoisotopic (exact) mass is 321 g/mol. The Bertz CT molecular complexity index is 436. The highest BCUT2D eigenvalue weighted by Crippen LogP contribution is 2.29. The van der Waals surface area contributed by atoms with E-state index in [1.807, 2.05) is 0 Å². The molecule has 8 heteroatoms. The molecule has 0 aromatic heterocycles. The van der Waals surface area contributed by atoms with Gasteiger partial charge in [-0.2, -0.15) is 13.2 Å². The number of nitrogens with one attached hydrogen (secondary N) is 3. The zero-order chi connectivity index (χ0) is 17.0. The lowest BCUT2D eigenvalue weighted by Crippen LogP contribution is -2.48. The van der Waals surface area contributed by atoms with Crippen LogP contribution in [0.2, 0.25) is 0 Å². The number of ether oxygens (including phenoxy) is 1. The lowest BCUT2D eigenvalue weighted by atomic mass is 9.80. The number of hydrogen-bond acceptors (Lipinski definition) is 4. The molecule has 0 atom stereocenters. The summed E-state index contributed by atoms with van der Waals surface area (Å²) in [6.45, 7) is 5.43.